The molecule has 1 aromatic carbocycles. The van der Waals surface area contributed by atoms with Gasteiger partial charge in [0.05, 0.1) is 5.69 Å². The Kier molecular flexibility index (Phi) is 4.45. The van der Waals surface area contributed by atoms with Crippen molar-refractivity contribution < 1.29 is 9.32 Å². The van der Waals surface area contributed by atoms with Crippen LogP contribution in [-0.4, -0.2) is 16.0 Å². The second-order valence-electron chi connectivity index (χ2n) is 5.05. The third-order valence-electron chi connectivity index (χ3n) is 3.36. The molecule has 0 bridgehead atoms. The molecule has 0 radical (unpaired) electrons. The first kappa shape index (κ1) is 15.7. The van der Waals surface area contributed by atoms with Crippen LogP contribution in [0.25, 0.3) is 0 Å². The topological polar surface area (TPSA) is 68.0 Å². The van der Waals surface area contributed by atoms with Crippen LogP contribution in [-0.2, 0) is 6.42 Å². The summed E-state index contributed by atoms with van der Waals surface area (Å²) in [5, 5.41) is 7.83. The largest absolute Gasteiger partial charge is 0.361 e. The van der Waals surface area contributed by atoms with E-state index in [1.54, 1.807) is 20.0 Å². The van der Waals surface area contributed by atoms with Crippen molar-refractivity contribution in [2.45, 2.75) is 20.3 Å². The predicted octanol–water partition coefficient (Wildman–Crippen LogP) is 4.24. The van der Waals surface area contributed by atoms with Crippen LogP contribution in [0.3, 0.4) is 0 Å². The molecule has 3 rings (SSSR count). The van der Waals surface area contributed by atoms with Crippen molar-refractivity contribution in [2.24, 2.45) is 0 Å². The van der Waals surface area contributed by atoms with Gasteiger partial charge in [-0.1, -0.05) is 35.0 Å². The van der Waals surface area contributed by atoms with Crippen molar-refractivity contribution in [1.29, 1.82) is 0 Å². The normalized spacial score (nSPS) is 10.7. The average molecular weight is 348 g/mol. The van der Waals surface area contributed by atoms with Crippen LogP contribution in [0.5, 0.6) is 0 Å². The number of amides is 1. The van der Waals surface area contributed by atoms with Crippen LogP contribution >= 0.6 is 22.9 Å². The quantitative estimate of drug-likeness (QED) is 0.766. The molecule has 0 aliphatic rings. The molecule has 5 nitrogen and oxygen atoms in total. The second kappa shape index (κ2) is 6.52. The van der Waals surface area contributed by atoms with E-state index < -0.39 is 0 Å². The van der Waals surface area contributed by atoms with Gasteiger partial charge in [0.15, 0.2) is 5.13 Å². The predicted molar refractivity (Wildman–Crippen MR) is 90.3 cm³/mol. The molecule has 0 atom stereocenters. The zero-order valence-corrected chi connectivity index (χ0v) is 14.2. The number of hydrogen-bond donors (Lipinski definition) is 1. The van der Waals surface area contributed by atoms with Gasteiger partial charge in [0.2, 0.25) is 0 Å². The maximum atomic E-state index is 12.3. The Morgan fingerprint density at radius 1 is 1.35 bits per heavy atom. The average Bonchev–Trinajstić information content (AvgIpc) is 3.08. The Morgan fingerprint density at radius 2 is 2.13 bits per heavy atom. The lowest BCUT2D eigenvalue weighted by atomic mass is 10.1. The number of benzene rings is 1. The summed E-state index contributed by atoms with van der Waals surface area (Å²) in [5.74, 6) is 0.229. The molecule has 0 saturated carbocycles. The highest BCUT2D eigenvalue weighted by atomic mass is 35.5. The molecule has 118 valence electrons. The molecular formula is C16H14ClN3O2S. The fourth-order valence-electron chi connectivity index (χ4n) is 2.24. The van der Waals surface area contributed by atoms with Crippen molar-refractivity contribution >= 4 is 34.0 Å². The number of hydrogen-bond acceptors (Lipinski definition) is 5. The van der Waals surface area contributed by atoms with Crippen LogP contribution in [0.15, 0.2) is 35.0 Å². The smallest absolute Gasteiger partial charge is 0.262 e. The van der Waals surface area contributed by atoms with Crippen molar-refractivity contribution in [3.63, 3.8) is 0 Å². The molecule has 0 aliphatic heterocycles. The number of aryl methyl sites for hydroxylation is 2. The number of thiazole rings is 1. The summed E-state index contributed by atoms with van der Waals surface area (Å²) in [6.45, 7) is 3.44. The van der Waals surface area contributed by atoms with Crippen molar-refractivity contribution in [2.75, 3.05) is 5.32 Å². The fraction of sp³-hybridized carbons (Fsp3) is 0.188. The first-order chi connectivity index (χ1) is 11.0. The minimum atomic E-state index is -0.264. The highest BCUT2D eigenvalue weighted by Crippen LogP contribution is 2.25. The van der Waals surface area contributed by atoms with Crippen LogP contribution in [0.4, 0.5) is 5.13 Å². The molecule has 23 heavy (non-hydrogen) atoms. The minimum absolute atomic E-state index is 0.264. The van der Waals surface area contributed by atoms with Gasteiger partial charge < -0.3 is 4.52 Å². The highest BCUT2D eigenvalue weighted by Gasteiger charge is 2.18. The van der Waals surface area contributed by atoms with E-state index in [9.17, 15) is 4.79 Å². The third kappa shape index (κ3) is 3.43. The molecule has 3 aromatic rings. The maximum absolute atomic E-state index is 12.3. The monoisotopic (exact) mass is 347 g/mol. The zero-order valence-electron chi connectivity index (χ0n) is 12.6. The molecule has 1 N–H and O–H groups in total. The number of carbonyl (C=O) groups is 1. The maximum Gasteiger partial charge on any atom is 0.262 e. The van der Waals surface area contributed by atoms with E-state index in [1.807, 2.05) is 24.3 Å². The number of halogens is 1. The second-order valence-corrected chi connectivity index (χ2v) is 6.58. The summed E-state index contributed by atoms with van der Waals surface area (Å²) in [6.07, 6.45) is 2.43. The van der Waals surface area contributed by atoms with Gasteiger partial charge in [-0.15, -0.1) is 11.3 Å². The number of rotatable bonds is 4. The van der Waals surface area contributed by atoms with Gasteiger partial charge in [0.25, 0.3) is 5.91 Å². The van der Waals surface area contributed by atoms with Crippen molar-refractivity contribution in [1.82, 2.24) is 10.1 Å². The van der Waals surface area contributed by atoms with Gasteiger partial charge in [-0.3, -0.25) is 10.1 Å². The van der Waals surface area contributed by atoms with Gasteiger partial charge in [0, 0.05) is 22.5 Å². The summed E-state index contributed by atoms with van der Waals surface area (Å²) in [7, 11) is 0. The number of anilines is 1. The Bertz CT molecular complexity index is 837. The van der Waals surface area contributed by atoms with Crippen LogP contribution in [0, 0.1) is 13.8 Å². The lowest BCUT2D eigenvalue weighted by Gasteiger charge is -2.01. The molecule has 1 amide bonds. The minimum Gasteiger partial charge on any atom is -0.361 e. The van der Waals surface area contributed by atoms with E-state index in [1.165, 1.54) is 11.3 Å². The van der Waals surface area contributed by atoms with Gasteiger partial charge in [0.1, 0.15) is 11.3 Å². The Labute approximate surface area is 142 Å². The van der Waals surface area contributed by atoms with E-state index in [0.29, 0.717) is 28.6 Å². The van der Waals surface area contributed by atoms with Crippen LogP contribution < -0.4 is 5.32 Å². The molecule has 2 aromatic heterocycles. The van der Waals surface area contributed by atoms with Crippen molar-refractivity contribution in [3.05, 3.63) is 62.9 Å². The van der Waals surface area contributed by atoms with E-state index >= 15 is 0 Å². The SMILES string of the molecule is Cc1noc(C)c1C(=O)Nc1ncc(Cc2ccccc2Cl)s1. The van der Waals surface area contributed by atoms with E-state index in [0.717, 1.165) is 15.5 Å². The van der Waals surface area contributed by atoms with E-state index in [-0.39, 0.29) is 5.91 Å². The van der Waals surface area contributed by atoms with Gasteiger partial charge >= 0.3 is 0 Å². The number of nitrogens with one attached hydrogen (secondary N) is 1. The summed E-state index contributed by atoms with van der Waals surface area (Å²) < 4.78 is 5.01. The molecular weight excluding hydrogens is 334 g/mol. The fourth-order valence-corrected chi connectivity index (χ4v) is 3.28. The van der Waals surface area contributed by atoms with E-state index in [2.05, 4.69) is 15.5 Å². The number of aromatic nitrogens is 2. The van der Waals surface area contributed by atoms with Crippen molar-refractivity contribution in [3.8, 4) is 0 Å². The standard InChI is InChI=1S/C16H14ClN3O2S/c1-9-14(10(2)22-20-9)15(21)19-16-18-8-12(23-16)7-11-5-3-4-6-13(11)17/h3-6,8H,7H2,1-2H3,(H,18,19,21). The third-order valence-corrected chi connectivity index (χ3v) is 4.64. The van der Waals surface area contributed by atoms with E-state index in [4.69, 9.17) is 16.1 Å². The number of carbonyl (C=O) groups excluding carboxylic acids is 1. The Hall–Kier alpha value is -2.18. The zero-order chi connectivity index (χ0) is 16.4. The first-order valence-corrected chi connectivity index (χ1v) is 8.16. The lowest BCUT2D eigenvalue weighted by molar-refractivity contribution is 0.102. The lowest BCUT2D eigenvalue weighted by Crippen LogP contribution is -2.13. The Morgan fingerprint density at radius 3 is 2.83 bits per heavy atom. The summed E-state index contributed by atoms with van der Waals surface area (Å²) in [6, 6.07) is 7.68. The van der Waals surface area contributed by atoms with Gasteiger partial charge in [-0.25, -0.2) is 4.98 Å². The molecule has 7 heteroatoms. The summed E-state index contributed by atoms with van der Waals surface area (Å²) >= 11 is 7.59. The molecule has 0 saturated heterocycles. The highest BCUT2D eigenvalue weighted by molar-refractivity contribution is 7.15. The molecule has 0 aliphatic carbocycles. The van der Waals surface area contributed by atoms with Crippen LogP contribution in [0.2, 0.25) is 5.02 Å². The Balaban J connectivity index is 1.73. The summed E-state index contributed by atoms with van der Waals surface area (Å²) in [4.78, 5) is 17.5. The van der Waals surface area contributed by atoms with Gasteiger partial charge in [-0.2, -0.15) is 0 Å². The molecule has 0 fully saturated rings. The molecule has 2 heterocycles. The first-order valence-electron chi connectivity index (χ1n) is 6.97. The number of nitrogens with zero attached hydrogens (tertiary/aromatic N) is 2. The molecule has 0 unspecified atom stereocenters. The summed E-state index contributed by atoms with van der Waals surface area (Å²) in [5.41, 5.74) is 2.04. The van der Waals surface area contributed by atoms with Crippen LogP contribution in [0.1, 0.15) is 32.3 Å². The molecule has 0 spiro atoms. The van der Waals surface area contributed by atoms with Gasteiger partial charge in [-0.05, 0) is 25.5 Å².